The molecular formula is C25H24BrCl2N6NaO4. The van der Waals surface area contributed by atoms with Gasteiger partial charge in [0.25, 0.3) is 0 Å². The second kappa shape index (κ2) is 15.9. The van der Waals surface area contributed by atoms with Gasteiger partial charge in [-0.1, -0.05) is 23.2 Å². The molecule has 0 unspecified atom stereocenters. The van der Waals surface area contributed by atoms with Gasteiger partial charge in [-0.25, -0.2) is 15.0 Å². The topological polar surface area (TPSA) is 137 Å². The normalized spacial score (nSPS) is 9.85. The SMILES string of the molecule is COc1cnc(Cl)c2[nH]ccc12.COc1cnc(OC)c2[nH]ccc12.C[O-].Clc1ncc(Br)c2cc[nH]c12.[Na+]. The van der Waals surface area contributed by atoms with Crippen LogP contribution in [0, 0.1) is 0 Å². The zero-order valence-corrected chi connectivity index (χ0v) is 26.9. The average Bonchev–Trinajstić information content (AvgIpc) is 3.74. The molecule has 6 heterocycles. The van der Waals surface area contributed by atoms with Gasteiger partial charge >= 0.3 is 29.6 Å². The van der Waals surface area contributed by atoms with Gasteiger partial charge in [0.1, 0.15) is 17.0 Å². The molecule has 0 atom stereocenters. The maximum absolute atomic E-state index is 8.25. The Kier molecular flexibility index (Phi) is 13.4. The van der Waals surface area contributed by atoms with Crippen molar-refractivity contribution in [3.63, 3.8) is 0 Å². The molecule has 0 spiro atoms. The van der Waals surface area contributed by atoms with Crippen LogP contribution in [0.3, 0.4) is 0 Å². The molecule has 0 aliphatic heterocycles. The summed E-state index contributed by atoms with van der Waals surface area (Å²) in [6.45, 7) is 0. The average molecular weight is 646 g/mol. The van der Waals surface area contributed by atoms with Crippen LogP contribution in [0.5, 0.6) is 17.4 Å². The molecule has 10 nitrogen and oxygen atoms in total. The van der Waals surface area contributed by atoms with Crippen LogP contribution in [0.25, 0.3) is 32.7 Å². The van der Waals surface area contributed by atoms with Crippen LogP contribution >= 0.6 is 39.1 Å². The molecule has 6 rings (SSSR count). The van der Waals surface area contributed by atoms with Gasteiger partial charge in [0.05, 0.1) is 44.8 Å². The number of pyridine rings is 3. The number of hydrogen-bond acceptors (Lipinski definition) is 7. The number of ether oxygens (including phenoxy) is 3. The van der Waals surface area contributed by atoms with Crippen molar-refractivity contribution in [2.75, 3.05) is 28.4 Å². The molecule has 6 aromatic heterocycles. The smallest absolute Gasteiger partial charge is 0.857 e. The predicted molar refractivity (Wildman–Crippen MR) is 152 cm³/mol. The van der Waals surface area contributed by atoms with Crippen LogP contribution in [-0.4, -0.2) is 58.3 Å². The zero-order valence-electron chi connectivity index (χ0n) is 21.8. The Morgan fingerprint density at radius 3 is 1.62 bits per heavy atom. The number of aromatic amines is 3. The Bertz CT molecular complexity index is 1550. The minimum atomic E-state index is 0. The molecule has 0 amide bonds. The van der Waals surface area contributed by atoms with E-state index in [1.54, 1.807) is 46.1 Å². The Labute approximate surface area is 264 Å². The number of methoxy groups -OCH3 is 3. The van der Waals surface area contributed by atoms with Crippen molar-refractivity contribution in [3.8, 4) is 17.4 Å². The maximum Gasteiger partial charge on any atom is 1.00 e. The van der Waals surface area contributed by atoms with Crippen molar-refractivity contribution in [1.29, 1.82) is 0 Å². The summed E-state index contributed by atoms with van der Waals surface area (Å²) in [6.07, 6.45) is 10.4. The minimum Gasteiger partial charge on any atom is -0.857 e. The van der Waals surface area contributed by atoms with Gasteiger partial charge in [0.15, 0.2) is 10.3 Å². The number of nitrogens with zero attached hydrogens (tertiary/aromatic N) is 3. The summed E-state index contributed by atoms with van der Waals surface area (Å²) in [7, 11) is 5.57. The molecule has 0 fully saturated rings. The van der Waals surface area contributed by atoms with Crippen LogP contribution in [0.15, 0.2) is 59.9 Å². The van der Waals surface area contributed by atoms with Crippen LogP contribution in [0.1, 0.15) is 0 Å². The van der Waals surface area contributed by atoms with Gasteiger partial charge in [0.2, 0.25) is 5.88 Å². The molecule has 3 N–H and O–H groups in total. The molecule has 6 aromatic rings. The fourth-order valence-electron chi connectivity index (χ4n) is 3.46. The third-order valence-electron chi connectivity index (χ3n) is 5.17. The second-order valence-corrected chi connectivity index (χ2v) is 8.72. The molecule has 0 saturated carbocycles. The summed E-state index contributed by atoms with van der Waals surface area (Å²) in [6, 6.07) is 5.78. The van der Waals surface area contributed by atoms with Gasteiger partial charge in [-0.3, -0.25) is 0 Å². The number of H-pyrrole nitrogens is 3. The van der Waals surface area contributed by atoms with E-state index in [0.29, 0.717) is 16.2 Å². The Morgan fingerprint density at radius 1 is 0.667 bits per heavy atom. The number of rotatable bonds is 3. The first-order valence-electron chi connectivity index (χ1n) is 10.9. The largest absolute Gasteiger partial charge is 1.00 e. The summed E-state index contributed by atoms with van der Waals surface area (Å²) in [4.78, 5) is 21.1. The van der Waals surface area contributed by atoms with Crippen LogP contribution in [0.2, 0.25) is 10.3 Å². The van der Waals surface area contributed by atoms with E-state index < -0.39 is 0 Å². The zero-order chi connectivity index (χ0) is 27.7. The van der Waals surface area contributed by atoms with Crippen LogP contribution in [-0.2, 0) is 0 Å². The third-order valence-corrected chi connectivity index (χ3v) is 6.38. The van der Waals surface area contributed by atoms with Crippen molar-refractivity contribution in [2.45, 2.75) is 0 Å². The molecule has 0 aliphatic carbocycles. The molecule has 39 heavy (non-hydrogen) atoms. The van der Waals surface area contributed by atoms with Crippen LogP contribution < -0.4 is 48.9 Å². The van der Waals surface area contributed by atoms with E-state index in [-0.39, 0.29) is 29.6 Å². The molecule has 0 radical (unpaired) electrons. The number of nitrogens with one attached hydrogen (secondary N) is 3. The van der Waals surface area contributed by atoms with Crippen LogP contribution in [0.4, 0.5) is 0 Å². The maximum atomic E-state index is 8.25. The Morgan fingerprint density at radius 2 is 1.10 bits per heavy atom. The van der Waals surface area contributed by atoms with Crippen molar-refractivity contribution in [3.05, 3.63) is 70.2 Å². The summed E-state index contributed by atoms with van der Waals surface area (Å²) in [5.41, 5.74) is 2.55. The van der Waals surface area contributed by atoms with Crippen molar-refractivity contribution in [1.82, 2.24) is 29.9 Å². The quantitative estimate of drug-likeness (QED) is 0.199. The fourth-order valence-corrected chi connectivity index (χ4v) is 4.31. The van der Waals surface area contributed by atoms with E-state index in [1.165, 1.54) is 0 Å². The molecule has 0 aromatic carbocycles. The van der Waals surface area contributed by atoms with E-state index in [0.717, 1.165) is 55.8 Å². The first kappa shape index (κ1) is 32.7. The van der Waals surface area contributed by atoms with Gasteiger partial charge in [-0.15, -0.1) is 0 Å². The standard InChI is InChI=1S/C9H10N2O2.C8H7ClN2O.C7H4BrClN2.CH3O.Na/c1-12-7-5-11-9(13-2)8-6(7)3-4-10-8;1-12-6-4-11-8(9)7-5(6)2-3-10-7;8-5-3-11-7(9)6-4(5)1-2-10-6;1-2;/h3-5,10H,1-2H3;2-4,10H,1H3;1-3,10H;1H3;/q;;;-1;+1. The molecule has 0 bridgehead atoms. The predicted octanol–water partition coefficient (Wildman–Crippen LogP) is 2.76. The van der Waals surface area contributed by atoms with E-state index >= 15 is 0 Å². The van der Waals surface area contributed by atoms with E-state index in [9.17, 15) is 0 Å². The number of halogens is 3. The van der Waals surface area contributed by atoms with Gasteiger partial charge in [0, 0.05) is 45.4 Å². The number of hydrogen-bond donors (Lipinski definition) is 3. The minimum absolute atomic E-state index is 0. The van der Waals surface area contributed by atoms with E-state index in [4.69, 9.17) is 42.5 Å². The molecule has 0 aliphatic rings. The van der Waals surface area contributed by atoms with Crippen molar-refractivity contribution < 1.29 is 48.9 Å². The summed E-state index contributed by atoms with van der Waals surface area (Å²) < 4.78 is 16.3. The van der Waals surface area contributed by atoms with Crippen molar-refractivity contribution in [2.24, 2.45) is 0 Å². The van der Waals surface area contributed by atoms with Crippen molar-refractivity contribution >= 4 is 71.8 Å². The molecular weight excluding hydrogens is 622 g/mol. The monoisotopic (exact) mass is 644 g/mol. The van der Waals surface area contributed by atoms with Gasteiger partial charge < -0.3 is 34.3 Å². The first-order valence-corrected chi connectivity index (χ1v) is 12.4. The summed E-state index contributed by atoms with van der Waals surface area (Å²) >= 11 is 15.0. The summed E-state index contributed by atoms with van der Waals surface area (Å²) in [5.74, 6) is 2.06. The third kappa shape index (κ3) is 7.57. The fraction of sp³-hybridized carbons (Fsp3) is 0.160. The van der Waals surface area contributed by atoms with Gasteiger partial charge in [-0.2, -0.15) is 7.11 Å². The molecule has 14 heteroatoms. The molecule has 0 saturated heterocycles. The van der Waals surface area contributed by atoms with E-state index in [1.807, 2.05) is 30.6 Å². The number of fused-ring (bicyclic) bond motifs is 3. The second-order valence-electron chi connectivity index (χ2n) is 7.15. The number of aromatic nitrogens is 6. The Hall–Kier alpha value is -2.51. The first-order chi connectivity index (χ1) is 18.5. The Balaban J connectivity index is 0.000000197. The summed E-state index contributed by atoms with van der Waals surface area (Å²) in [5, 5.41) is 12.2. The van der Waals surface area contributed by atoms with Gasteiger partial charge in [-0.05, 0) is 34.1 Å². The molecule has 200 valence electrons. The van der Waals surface area contributed by atoms with E-state index in [2.05, 4.69) is 45.8 Å².